The number of fused-ring (bicyclic) bond motifs is 1. The molecule has 0 bridgehead atoms. The van der Waals surface area contributed by atoms with Crippen molar-refractivity contribution in [3.05, 3.63) is 70.2 Å². The standard InChI is InChI=1S/C17H11Cl2NO2/c18-13-6-3-7-14(19)15(13)20-17(22)12-9-8-10-4-1-2-5-11(10)16(12)21/h1-9,21H,(H,20,22). The molecule has 0 spiro atoms. The van der Waals surface area contributed by atoms with Crippen molar-refractivity contribution >= 4 is 45.6 Å². The summed E-state index contributed by atoms with van der Waals surface area (Å²) in [6.45, 7) is 0. The second kappa shape index (κ2) is 5.87. The molecule has 110 valence electrons. The molecule has 0 fully saturated rings. The van der Waals surface area contributed by atoms with E-state index in [0.29, 0.717) is 21.1 Å². The van der Waals surface area contributed by atoms with E-state index in [4.69, 9.17) is 23.2 Å². The number of halogens is 2. The summed E-state index contributed by atoms with van der Waals surface area (Å²) in [4.78, 5) is 12.4. The molecule has 0 saturated heterocycles. The second-order valence-electron chi connectivity index (χ2n) is 4.73. The minimum atomic E-state index is -0.474. The van der Waals surface area contributed by atoms with Crippen molar-refractivity contribution in [3.63, 3.8) is 0 Å². The summed E-state index contributed by atoms with van der Waals surface area (Å²) < 4.78 is 0. The van der Waals surface area contributed by atoms with Crippen LogP contribution in [0, 0.1) is 0 Å². The molecular formula is C17H11Cl2NO2. The molecule has 0 atom stereocenters. The molecule has 0 aliphatic heterocycles. The van der Waals surface area contributed by atoms with Gasteiger partial charge in [-0.05, 0) is 23.6 Å². The van der Waals surface area contributed by atoms with Crippen LogP contribution in [0.1, 0.15) is 10.4 Å². The Morgan fingerprint density at radius 2 is 1.59 bits per heavy atom. The first-order chi connectivity index (χ1) is 10.6. The fourth-order valence-corrected chi connectivity index (χ4v) is 2.73. The van der Waals surface area contributed by atoms with Crippen molar-refractivity contribution in [2.75, 3.05) is 5.32 Å². The van der Waals surface area contributed by atoms with Crippen molar-refractivity contribution in [2.24, 2.45) is 0 Å². The molecule has 22 heavy (non-hydrogen) atoms. The Morgan fingerprint density at radius 1 is 0.909 bits per heavy atom. The van der Waals surface area contributed by atoms with Crippen LogP contribution < -0.4 is 5.32 Å². The molecule has 0 aliphatic carbocycles. The first-order valence-corrected chi connectivity index (χ1v) is 7.29. The van der Waals surface area contributed by atoms with Gasteiger partial charge in [0.15, 0.2) is 0 Å². The van der Waals surface area contributed by atoms with Crippen LogP contribution in [0.15, 0.2) is 54.6 Å². The molecule has 3 rings (SSSR count). The highest BCUT2D eigenvalue weighted by Crippen LogP contribution is 2.32. The minimum Gasteiger partial charge on any atom is -0.506 e. The van der Waals surface area contributed by atoms with E-state index in [2.05, 4.69) is 5.32 Å². The molecule has 0 aromatic heterocycles. The minimum absolute atomic E-state index is 0.0706. The van der Waals surface area contributed by atoms with Crippen molar-refractivity contribution in [1.29, 1.82) is 0 Å². The van der Waals surface area contributed by atoms with Gasteiger partial charge >= 0.3 is 0 Å². The molecule has 1 amide bonds. The zero-order valence-corrected chi connectivity index (χ0v) is 12.8. The fraction of sp³-hybridized carbons (Fsp3) is 0. The average Bonchev–Trinajstić information content (AvgIpc) is 2.51. The number of nitrogens with one attached hydrogen (secondary N) is 1. The molecule has 0 aliphatic rings. The number of benzene rings is 3. The van der Waals surface area contributed by atoms with Gasteiger partial charge in [-0.3, -0.25) is 4.79 Å². The zero-order chi connectivity index (χ0) is 15.7. The summed E-state index contributed by atoms with van der Waals surface area (Å²) >= 11 is 12.1. The van der Waals surface area contributed by atoms with Crippen LogP contribution in [0.5, 0.6) is 5.75 Å². The third-order valence-corrected chi connectivity index (χ3v) is 3.98. The van der Waals surface area contributed by atoms with Crippen molar-refractivity contribution < 1.29 is 9.90 Å². The number of carbonyl (C=O) groups is 1. The topological polar surface area (TPSA) is 49.3 Å². The Morgan fingerprint density at radius 3 is 2.32 bits per heavy atom. The first-order valence-electron chi connectivity index (χ1n) is 6.54. The number of hydrogen-bond acceptors (Lipinski definition) is 2. The number of amides is 1. The van der Waals surface area contributed by atoms with Gasteiger partial charge in [0.2, 0.25) is 0 Å². The van der Waals surface area contributed by atoms with E-state index in [9.17, 15) is 9.90 Å². The summed E-state index contributed by atoms with van der Waals surface area (Å²) in [5.74, 6) is -0.544. The van der Waals surface area contributed by atoms with Crippen LogP contribution in [0.25, 0.3) is 10.8 Å². The van der Waals surface area contributed by atoms with Gasteiger partial charge in [0.1, 0.15) is 5.75 Å². The van der Waals surface area contributed by atoms with E-state index in [-0.39, 0.29) is 11.3 Å². The maximum atomic E-state index is 12.4. The molecule has 0 radical (unpaired) electrons. The van der Waals surface area contributed by atoms with Crippen molar-refractivity contribution in [3.8, 4) is 5.75 Å². The third-order valence-electron chi connectivity index (χ3n) is 3.35. The Bertz CT molecular complexity index is 857. The van der Waals surface area contributed by atoms with Gasteiger partial charge < -0.3 is 10.4 Å². The largest absolute Gasteiger partial charge is 0.506 e. The van der Waals surface area contributed by atoms with Crippen LogP contribution >= 0.6 is 23.2 Å². The number of rotatable bonds is 2. The molecule has 5 heteroatoms. The lowest BCUT2D eigenvalue weighted by atomic mass is 10.0. The number of phenolic OH excluding ortho intramolecular Hbond substituents is 1. The predicted octanol–water partition coefficient (Wildman–Crippen LogP) is 5.10. The van der Waals surface area contributed by atoms with Crippen LogP contribution in [-0.2, 0) is 0 Å². The maximum Gasteiger partial charge on any atom is 0.259 e. The van der Waals surface area contributed by atoms with E-state index >= 15 is 0 Å². The van der Waals surface area contributed by atoms with Gasteiger partial charge in [0.05, 0.1) is 21.3 Å². The molecular weight excluding hydrogens is 321 g/mol. The lowest BCUT2D eigenvalue weighted by Gasteiger charge is -2.11. The number of hydrogen-bond donors (Lipinski definition) is 2. The summed E-state index contributed by atoms with van der Waals surface area (Å²) in [5, 5.41) is 15.1. The molecule has 3 aromatic rings. The third kappa shape index (κ3) is 2.61. The fourth-order valence-electron chi connectivity index (χ4n) is 2.24. The smallest absolute Gasteiger partial charge is 0.259 e. The summed E-state index contributed by atoms with van der Waals surface area (Å²) in [7, 11) is 0. The quantitative estimate of drug-likeness (QED) is 0.685. The lowest BCUT2D eigenvalue weighted by Crippen LogP contribution is -2.13. The molecule has 0 heterocycles. The Hall–Kier alpha value is -2.23. The number of anilines is 1. The summed E-state index contributed by atoms with van der Waals surface area (Å²) in [6.07, 6.45) is 0. The van der Waals surface area contributed by atoms with E-state index in [0.717, 1.165) is 5.39 Å². The second-order valence-corrected chi connectivity index (χ2v) is 5.55. The van der Waals surface area contributed by atoms with Gasteiger partial charge in [-0.25, -0.2) is 0 Å². The van der Waals surface area contributed by atoms with E-state index in [1.807, 2.05) is 12.1 Å². The van der Waals surface area contributed by atoms with Crippen LogP contribution in [-0.4, -0.2) is 11.0 Å². The highest BCUT2D eigenvalue weighted by Gasteiger charge is 2.16. The number of phenols is 1. The SMILES string of the molecule is O=C(Nc1c(Cl)cccc1Cl)c1ccc2ccccc2c1O. The zero-order valence-electron chi connectivity index (χ0n) is 11.3. The highest BCUT2D eigenvalue weighted by atomic mass is 35.5. The average molecular weight is 332 g/mol. The normalized spacial score (nSPS) is 10.6. The van der Waals surface area contributed by atoms with Gasteiger partial charge in [-0.2, -0.15) is 0 Å². The monoisotopic (exact) mass is 331 g/mol. The molecule has 0 unspecified atom stereocenters. The van der Waals surface area contributed by atoms with E-state index < -0.39 is 5.91 Å². The molecule has 3 nitrogen and oxygen atoms in total. The predicted molar refractivity (Wildman–Crippen MR) is 90.0 cm³/mol. The Kier molecular flexibility index (Phi) is 3.92. The summed E-state index contributed by atoms with van der Waals surface area (Å²) in [6, 6.07) is 15.6. The van der Waals surface area contributed by atoms with Gasteiger partial charge in [-0.1, -0.05) is 59.6 Å². The van der Waals surface area contributed by atoms with Crippen molar-refractivity contribution in [2.45, 2.75) is 0 Å². The molecule has 2 N–H and O–H groups in total. The van der Waals surface area contributed by atoms with E-state index in [1.54, 1.807) is 42.5 Å². The first kappa shape index (κ1) is 14.7. The number of aromatic hydroxyl groups is 1. The lowest BCUT2D eigenvalue weighted by molar-refractivity contribution is 0.102. The van der Waals surface area contributed by atoms with Crippen LogP contribution in [0.3, 0.4) is 0 Å². The van der Waals surface area contributed by atoms with Crippen LogP contribution in [0.2, 0.25) is 10.0 Å². The van der Waals surface area contributed by atoms with Crippen LogP contribution in [0.4, 0.5) is 5.69 Å². The molecule has 3 aromatic carbocycles. The highest BCUT2D eigenvalue weighted by molar-refractivity contribution is 6.40. The van der Waals surface area contributed by atoms with Gasteiger partial charge in [0, 0.05) is 5.39 Å². The molecule has 0 saturated carbocycles. The Balaban J connectivity index is 2.01. The summed E-state index contributed by atoms with van der Waals surface area (Å²) in [5.41, 5.74) is 0.484. The van der Waals surface area contributed by atoms with Gasteiger partial charge in [0.25, 0.3) is 5.91 Å². The maximum absolute atomic E-state index is 12.4. The number of carbonyl (C=O) groups excluding carboxylic acids is 1. The number of para-hydroxylation sites is 1. The Labute approximate surface area is 137 Å². The van der Waals surface area contributed by atoms with E-state index in [1.165, 1.54) is 0 Å². The van der Waals surface area contributed by atoms with Gasteiger partial charge in [-0.15, -0.1) is 0 Å². The van der Waals surface area contributed by atoms with Crippen molar-refractivity contribution in [1.82, 2.24) is 0 Å².